The van der Waals surface area contributed by atoms with Gasteiger partial charge in [0.25, 0.3) is 0 Å². The standard InChI is InChI=1S/C19H19ClFN3S/c1-11-16(20)4-3-5-17(11)24-19(25)22-9-8-14-12(2)23-18-7-6-13(21)10-15(14)18/h3-7,10,23H,8-9H2,1-2H3,(H2,22,24,25). The van der Waals surface area contributed by atoms with Crippen molar-refractivity contribution in [1.82, 2.24) is 10.3 Å². The number of aryl methyl sites for hydroxylation is 1. The average Bonchev–Trinajstić information content (AvgIpc) is 2.87. The lowest BCUT2D eigenvalue weighted by molar-refractivity contribution is 0.629. The van der Waals surface area contributed by atoms with Crippen LogP contribution in [-0.4, -0.2) is 16.6 Å². The lowest BCUT2D eigenvalue weighted by Crippen LogP contribution is -2.30. The summed E-state index contributed by atoms with van der Waals surface area (Å²) in [4.78, 5) is 3.29. The van der Waals surface area contributed by atoms with Crippen LogP contribution >= 0.6 is 23.8 Å². The van der Waals surface area contributed by atoms with Crippen LogP contribution in [0.25, 0.3) is 10.9 Å². The molecular formula is C19H19ClFN3S. The first kappa shape index (κ1) is 17.7. The number of anilines is 1. The minimum Gasteiger partial charge on any atom is -0.362 e. The number of nitrogens with one attached hydrogen (secondary N) is 3. The minimum atomic E-state index is -0.227. The van der Waals surface area contributed by atoms with Gasteiger partial charge in [-0.3, -0.25) is 0 Å². The molecule has 0 radical (unpaired) electrons. The quantitative estimate of drug-likeness (QED) is 0.555. The van der Waals surface area contributed by atoms with Crippen LogP contribution in [0.15, 0.2) is 36.4 Å². The van der Waals surface area contributed by atoms with Gasteiger partial charge in [-0.05, 0) is 73.9 Å². The van der Waals surface area contributed by atoms with Gasteiger partial charge in [-0.1, -0.05) is 17.7 Å². The number of fused-ring (bicyclic) bond motifs is 1. The number of aromatic amines is 1. The van der Waals surface area contributed by atoms with Gasteiger partial charge in [0.1, 0.15) is 5.82 Å². The van der Waals surface area contributed by atoms with E-state index < -0.39 is 0 Å². The maximum Gasteiger partial charge on any atom is 0.170 e. The van der Waals surface area contributed by atoms with E-state index in [0.29, 0.717) is 16.7 Å². The third-order valence-electron chi connectivity index (χ3n) is 4.26. The first-order chi connectivity index (χ1) is 12.0. The van der Waals surface area contributed by atoms with Gasteiger partial charge in [-0.15, -0.1) is 0 Å². The zero-order chi connectivity index (χ0) is 18.0. The van der Waals surface area contributed by atoms with Crippen LogP contribution in [-0.2, 0) is 6.42 Å². The number of benzene rings is 2. The summed E-state index contributed by atoms with van der Waals surface area (Å²) in [6.07, 6.45) is 0.742. The Hall–Kier alpha value is -2.11. The largest absolute Gasteiger partial charge is 0.362 e. The van der Waals surface area contributed by atoms with E-state index >= 15 is 0 Å². The van der Waals surface area contributed by atoms with Crippen LogP contribution < -0.4 is 10.6 Å². The normalized spacial score (nSPS) is 10.9. The molecule has 0 amide bonds. The molecular weight excluding hydrogens is 357 g/mol. The molecule has 6 heteroatoms. The van der Waals surface area contributed by atoms with Crippen molar-refractivity contribution in [2.45, 2.75) is 20.3 Å². The zero-order valence-corrected chi connectivity index (χ0v) is 15.6. The number of H-pyrrole nitrogens is 1. The third kappa shape index (κ3) is 3.94. The first-order valence-electron chi connectivity index (χ1n) is 8.02. The van der Waals surface area contributed by atoms with Gasteiger partial charge in [-0.2, -0.15) is 0 Å². The Bertz CT molecular complexity index is 936. The molecule has 0 aliphatic heterocycles. The van der Waals surface area contributed by atoms with Crippen molar-refractivity contribution in [1.29, 1.82) is 0 Å². The van der Waals surface area contributed by atoms with Crippen LogP contribution in [0.1, 0.15) is 16.8 Å². The summed E-state index contributed by atoms with van der Waals surface area (Å²) in [7, 11) is 0. The average molecular weight is 376 g/mol. The second-order valence-electron chi connectivity index (χ2n) is 5.96. The van der Waals surface area contributed by atoms with Gasteiger partial charge in [0.15, 0.2) is 5.11 Å². The molecule has 25 heavy (non-hydrogen) atoms. The maximum atomic E-state index is 13.5. The summed E-state index contributed by atoms with van der Waals surface area (Å²) in [5, 5.41) is 8.51. The molecule has 0 unspecified atom stereocenters. The van der Waals surface area contributed by atoms with Crippen molar-refractivity contribution in [3.8, 4) is 0 Å². The van der Waals surface area contributed by atoms with E-state index in [1.807, 2.05) is 32.0 Å². The van der Waals surface area contributed by atoms with Gasteiger partial charge in [0.2, 0.25) is 0 Å². The smallest absolute Gasteiger partial charge is 0.170 e. The number of hydrogen-bond acceptors (Lipinski definition) is 1. The van der Waals surface area contributed by atoms with Crippen molar-refractivity contribution in [3.05, 3.63) is 64.1 Å². The van der Waals surface area contributed by atoms with Crippen LogP contribution in [0.2, 0.25) is 5.02 Å². The molecule has 0 spiro atoms. The summed E-state index contributed by atoms with van der Waals surface area (Å²) in [5.74, 6) is -0.227. The number of aromatic nitrogens is 1. The summed E-state index contributed by atoms with van der Waals surface area (Å²) >= 11 is 11.5. The minimum absolute atomic E-state index is 0.227. The molecule has 0 bridgehead atoms. The molecule has 0 saturated heterocycles. The van der Waals surface area contributed by atoms with Crippen molar-refractivity contribution in [2.75, 3.05) is 11.9 Å². The Balaban J connectivity index is 1.63. The summed E-state index contributed by atoms with van der Waals surface area (Å²) in [6.45, 7) is 4.59. The third-order valence-corrected chi connectivity index (χ3v) is 4.91. The van der Waals surface area contributed by atoms with E-state index in [2.05, 4.69) is 15.6 Å². The second kappa shape index (κ2) is 7.42. The van der Waals surface area contributed by atoms with Crippen LogP contribution in [0.5, 0.6) is 0 Å². The van der Waals surface area contributed by atoms with Crippen molar-refractivity contribution in [3.63, 3.8) is 0 Å². The van der Waals surface area contributed by atoms with Crippen molar-refractivity contribution in [2.24, 2.45) is 0 Å². The molecule has 3 N–H and O–H groups in total. The van der Waals surface area contributed by atoms with Gasteiger partial charge < -0.3 is 15.6 Å². The predicted octanol–water partition coefficient (Wildman–Crippen LogP) is 5.11. The molecule has 1 aromatic heterocycles. The molecule has 130 valence electrons. The lowest BCUT2D eigenvalue weighted by atomic mass is 10.1. The van der Waals surface area contributed by atoms with Gasteiger partial charge in [0.05, 0.1) is 0 Å². The molecule has 0 atom stereocenters. The van der Waals surface area contributed by atoms with Crippen molar-refractivity contribution >= 4 is 45.5 Å². The number of thiocarbonyl (C=S) groups is 1. The summed E-state index contributed by atoms with van der Waals surface area (Å²) < 4.78 is 13.5. The highest BCUT2D eigenvalue weighted by Crippen LogP contribution is 2.24. The number of rotatable bonds is 4. The fourth-order valence-electron chi connectivity index (χ4n) is 2.89. The molecule has 3 rings (SSSR count). The van der Waals surface area contributed by atoms with Gasteiger partial charge in [-0.25, -0.2) is 4.39 Å². The topological polar surface area (TPSA) is 39.9 Å². The van der Waals surface area contributed by atoms with E-state index in [1.54, 1.807) is 12.1 Å². The fraction of sp³-hybridized carbons (Fsp3) is 0.211. The second-order valence-corrected chi connectivity index (χ2v) is 6.78. The molecule has 3 nitrogen and oxygen atoms in total. The Morgan fingerprint density at radius 3 is 2.84 bits per heavy atom. The van der Waals surface area contributed by atoms with E-state index in [-0.39, 0.29) is 5.82 Å². The Labute approximate surface area is 156 Å². The zero-order valence-electron chi connectivity index (χ0n) is 14.0. The highest BCUT2D eigenvalue weighted by molar-refractivity contribution is 7.80. The van der Waals surface area contributed by atoms with E-state index in [0.717, 1.165) is 39.8 Å². The van der Waals surface area contributed by atoms with Crippen LogP contribution in [0, 0.1) is 19.7 Å². The lowest BCUT2D eigenvalue weighted by Gasteiger charge is -2.13. The number of hydrogen-bond donors (Lipinski definition) is 3. The van der Waals surface area contributed by atoms with Gasteiger partial charge in [0, 0.05) is 33.9 Å². The van der Waals surface area contributed by atoms with E-state index in [4.69, 9.17) is 23.8 Å². The fourth-order valence-corrected chi connectivity index (χ4v) is 3.27. The van der Waals surface area contributed by atoms with E-state index in [9.17, 15) is 4.39 Å². The summed E-state index contributed by atoms with van der Waals surface area (Å²) in [5.41, 5.74) is 4.94. The predicted molar refractivity (Wildman–Crippen MR) is 107 cm³/mol. The SMILES string of the molecule is Cc1[nH]c2ccc(F)cc2c1CCNC(=S)Nc1cccc(Cl)c1C. The van der Waals surface area contributed by atoms with Gasteiger partial charge >= 0.3 is 0 Å². The Morgan fingerprint density at radius 1 is 1.24 bits per heavy atom. The highest BCUT2D eigenvalue weighted by atomic mass is 35.5. The molecule has 0 saturated carbocycles. The molecule has 0 aliphatic carbocycles. The first-order valence-corrected chi connectivity index (χ1v) is 8.81. The highest BCUT2D eigenvalue weighted by Gasteiger charge is 2.10. The van der Waals surface area contributed by atoms with Crippen molar-refractivity contribution < 1.29 is 4.39 Å². The monoisotopic (exact) mass is 375 g/mol. The molecule has 3 aromatic rings. The Morgan fingerprint density at radius 2 is 2.04 bits per heavy atom. The number of halogens is 2. The molecule has 0 fully saturated rings. The Kier molecular flexibility index (Phi) is 5.25. The molecule has 1 heterocycles. The van der Waals surface area contributed by atoms with Crippen LogP contribution in [0.4, 0.5) is 10.1 Å². The summed E-state index contributed by atoms with van der Waals surface area (Å²) in [6, 6.07) is 10.5. The van der Waals surface area contributed by atoms with Crippen LogP contribution in [0.3, 0.4) is 0 Å². The maximum absolute atomic E-state index is 13.5. The molecule has 2 aromatic carbocycles. The van der Waals surface area contributed by atoms with E-state index in [1.165, 1.54) is 6.07 Å². The molecule has 0 aliphatic rings.